The Balaban J connectivity index is 2.78. The van der Waals surface area contributed by atoms with E-state index in [1.165, 1.54) is 12.2 Å². The molecule has 0 aromatic carbocycles. The molecule has 0 amide bonds. The molecule has 92 valence electrons. The van der Waals surface area contributed by atoms with Crippen molar-refractivity contribution in [2.24, 2.45) is 0 Å². The molecule has 0 aliphatic rings. The minimum absolute atomic E-state index is 0.0300. The number of aromatic nitrogens is 1. The van der Waals surface area contributed by atoms with Gasteiger partial charge in [-0.3, -0.25) is 0 Å². The first-order valence-electron chi connectivity index (χ1n) is 5.66. The zero-order valence-corrected chi connectivity index (χ0v) is 12.2. The number of aliphatic hydroxyl groups excluding tert-OH is 1. The average Bonchev–Trinajstić information content (AvgIpc) is 2.61. The molecular formula is C12H21NOS2. The number of hydrogen-bond acceptors (Lipinski definition) is 4. The van der Waals surface area contributed by atoms with E-state index in [1.54, 1.807) is 11.3 Å². The maximum Gasteiger partial charge on any atom is 0.103 e. The van der Waals surface area contributed by atoms with Crippen LogP contribution in [-0.2, 0) is 17.8 Å². The van der Waals surface area contributed by atoms with Crippen molar-refractivity contribution in [3.8, 4) is 0 Å². The SMILES string of the molecule is CCCSCc1nc(C(C)(C)C)c(CO)s1. The summed E-state index contributed by atoms with van der Waals surface area (Å²) in [6.45, 7) is 8.73. The third-order valence-electron chi connectivity index (χ3n) is 2.17. The summed E-state index contributed by atoms with van der Waals surface area (Å²) < 4.78 is 0. The van der Waals surface area contributed by atoms with Crippen LogP contribution in [0.25, 0.3) is 0 Å². The van der Waals surface area contributed by atoms with Crippen molar-refractivity contribution in [1.82, 2.24) is 4.98 Å². The first-order chi connectivity index (χ1) is 7.49. The number of aliphatic hydroxyl groups is 1. The molecule has 0 atom stereocenters. The van der Waals surface area contributed by atoms with Crippen LogP contribution < -0.4 is 0 Å². The third-order valence-corrected chi connectivity index (χ3v) is 4.57. The molecule has 0 fully saturated rings. The van der Waals surface area contributed by atoms with Gasteiger partial charge in [0.15, 0.2) is 0 Å². The molecule has 4 heteroatoms. The lowest BCUT2D eigenvalue weighted by molar-refractivity contribution is 0.282. The fourth-order valence-corrected chi connectivity index (χ4v) is 3.55. The van der Waals surface area contributed by atoms with E-state index in [0.717, 1.165) is 21.3 Å². The fourth-order valence-electron chi connectivity index (χ4n) is 1.46. The van der Waals surface area contributed by atoms with Crippen LogP contribution in [0.1, 0.15) is 49.7 Å². The molecule has 0 aliphatic carbocycles. The Bertz CT molecular complexity index is 328. The molecule has 0 aliphatic heterocycles. The molecule has 16 heavy (non-hydrogen) atoms. The van der Waals surface area contributed by atoms with Crippen LogP contribution in [0.3, 0.4) is 0 Å². The summed E-state index contributed by atoms with van der Waals surface area (Å²) in [5.74, 6) is 2.15. The molecule has 1 aromatic heterocycles. The van der Waals surface area contributed by atoms with Gasteiger partial charge in [0.25, 0.3) is 0 Å². The zero-order chi connectivity index (χ0) is 12.2. The van der Waals surface area contributed by atoms with Gasteiger partial charge in [-0.2, -0.15) is 11.8 Å². The number of rotatable bonds is 5. The van der Waals surface area contributed by atoms with E-state index in [1.807, 2.05) is 11.8 Å². The van der Waals surface area contributed by atoms with E-state index in [0.29, 0.717) is 0 Å². The predicted octanol–water partition coefficient (Wildman–Crippen LogP) is 3.58. The van der Waals surface area contributed by atoms with Crippen LogP contribution in [0.15, 0.2) is 0 Å². The molecule has 0 unspecified atom stereocenters. The van der Waals surface area contributed by atoms with E-state index in [2.05, 4.69) is 32.7 Å². The predicted molar refractivity (Wildman–Crippen MR) is 73.2 cm³/mol. The number of hydrogen-bond donors (Lipinski definition) is 1. The third kappa shape index (κ3) is 3.75. The van der Waals surface area contributed by atoms with Gasteiger partial charge in [0.05, 0.1) is 17.2 Å². The summed E-state index contributed by atoms with van der Waals surface area (Å²) >= 11 is 3.57. The maximum atomic E-state index is 9.33. The average molecular weight is 259 g/mol. The largest absolute Gasteiger partial charge is 0.391 e. The Morgan fingerprint density at radius 2 is 2.06 bits per heavy atom. The van der Waals surface area contributed by atoms with Gasteiger partial charge in [-0.25, -0.2) is 4.98 Å². The van der Waals surface area contributed by atoms with Gasteiger partial charge in [0, 0.05) is 11.2 Å². The monoisotopic (exact) mass is 259 g/mol. The Labute approximate surface area is 106 Å². The first kappa shape index (κ1) is 14.0. The first-order valence-corrected chi connectivity index (χ1v) is 7.63. The molecule has 1 heterocycles. The normalized spacial score (nSPS) is 12.1. The highest BCUT2D eigenvalue weighted by atomic mass is 32.2. The smallest absolute Gasteiger partial charge is 0.103 e. The number of nitrogens with zero attached hydrogens (tertiary/aromatic N) is 1. The summed E-state index contributed by atoms with van der Waals surface area (Å²) in [5, 5.41) is 10.5. The van der Waals surface area contributed by atoms with E-state index in [-0.39, 0.29) is 12.0 Å². The van der Waals surface area contributed by atoms with Crippen LogP contribution in [0.5, 0.6) is 0 Å². The van der Waals surface area contributed by atoms with Crippen LogP contribution in [0.4, 0.5) is 0 Å². The molecular weight excluding hydrogens is 238 g/mol. The van der Waals surface area contributed by atoms with Gasteiger partial charge in [-0.1, -0.05) is 27.7 Å². The minimum atomic E-state index is 0.0300. The van der Waals surface area contributed by atoms with Crippen molar-refractivity contribution in [2.45, 2.75) is 51.9 Å². The lowest BCUT2D eigenvalue weighted by Gasteiger charge is -2.16. The fraction of sp³-hybridized carbons (Fsp3) is 0.750. The molecule has 1 rings (SSSR count). The second-order valence-corrected chi connectivity index (χ2v) is 7.11. The van der Waals surface area contributed by atoms with Crippen LogP contribution in [0.2, 0.25) is 0 Å². The minimum Gasteiger partial charge on any atom is -0.391 e. The van der Waals surface area contributed by atoms with E-state index in [4.69, 9.17) is 0 Å². The van der Waals surface area contributed by atoms with Crippen molar-refractivity contribution >= 4 is 23.1 Å². The van der Waals surface area contributed by atoms with Crippen LogP contribution in [-0.4, -0.2) is 15.8 Å². The van der Waals surface area contributed by atoms with Gasteiger partial charge in [0.2, 0.25) is 0 Å². The van der Waals surface area contributed by atoms with Gasteiger partial charge in [0.1, 0.15) is 5.01 Å². The highest BCUT2D eigenvalue weighted by Gasteiger charge is 2.22. The molecule has 0 radical (unpaired) electrons. The van der Waals surface area contributed by atoms with Crippen LogP contribution >= 0.6 is 23.1 Å². The standard InChI is InChI=1S/C12H21NOS2/c1-5-6-15-8-10-13-11(12(2,3)4)9(7-14)16-10/h14H,5-8H2,1-4H3. The summed E-state index contributed by atoms with van der Waals surface area (Å²) in [6.07, 6.45) is 1.20. The van der Waals surface area contributed by atoms with Crippen LogP contribution in [0, 0.1) is 0 Å². The van der Waals surface area contributed by atoms with Crippen molar-refractivity contribution in [3.05, 3.63) is 15.6 Å². The Morgan fingerprint density at radius 3 is 2.50 bits per heavy atom. The van der Waals surface area contributed by atoms with E-state index in [9.17, 15) is 5.11 Å². The lowest BCUT2D eigenvalue weighted by Crippen LogP contribution is -2.14. The second kappa shape index (κ2) is 6.03. The second-order valence-electron chi connectivity index (χ2n) is 4.84. The van der Waals surface area contributed by atoms with Crippen molar-refractivity contribution in [1.29, 1.82) is 0 Å². The number of thioether (sulfide) groups is 1. The summed E-state index contributed by atoms with van der Waals surface area (Å²) in [6, 6.07) is 0. The molecule has 1 aromatic rings. The molecule has 2 nitrogen and oxygen atoms in total. The Hall–Kier alpha value is -0.0600. The Kier molecular flexibility index (Phi) is 5.28. The molecule has 0 bridgehead atoms. The zero-order valence-electron chi connectivity index (χ0n) is 10.5. The van der Waals surface area contributed by atoms with Crippen molar-refractivity contribution < 1.29 is 5.11 Å². The lowest BCUT2D eigenvalue weighted by atomic mass is 9.91. The molecule has 0 saturated heterocycles. The van der Waals surface area contributed by atoms with Gasteiger partial charge < -0.3 is 5.11 Å². The highest BCUT2D eigenvalue weighted by molar-refractivity contribution is 7.98. The van der Waals surface area contributed by atoms with Gasteiger partial charge in [-0.05, 0) is 12.2 Å². The molecule has 0 saturated carbocycles. The molecule has 1 N–H and O–H groups in total. The van der Waals surface area contributed by atoms with Gasteiger partial charge >= 0.3 is 0 Å². The maximum absolute atomic E-state index is 9.33. The van der Waals surface area contributed by atoms with E-state index < -0.39 is 0 Å². The van der Waals surface area contributed by atoms with E-state index >= 15 is 0 Å². The summed E-state index contributed by atoms with van der Waals surface area (Å²) in [7, 11) is 0. The number of thiazole rings is 1. The summed E-state index contributed by atoms with van der Waals surface area (Å²) in [4.78, 5) is 5.69. The topological polar surface area (TPSA) is 33.1 Å². The van der Waals surface area contributed by atoms with Crippen molar-refractivity contribution in [2.75, 3.05) is 5.75 Å². The highest BCUT2D eigenvalue weighted by Crippen LogP contribution is 2.31. The Morgan fingerprint density at radius 1 is 1.38 bits per heavy atom. The van der Waals surface area contributed by atoms with Gasteiger partial charge in [-0.15, -0.1) is 11.3 Å². The quantitative estimate of drug-likeness (QED) is 0.821. The summed E-state index contributed by atoms with van der Waals surface area (Å²) in [5.41, 5.74) is 1.09. The van der Waals surface area contributed by atoms with Crippen molar-refractivity contribution in [3.63, 3.8) is 0 Å². The molecule has 0 spiro atoms.